The van der Waals surface area contributed by atoms with Crippen molar-refractivity contribution in [3.63, 3.8) is 0 Å². The Bertz CT molecular complexity index is 2460. The van der Waals surface area contributed by atoms with Crippen LogP contribution in [-0.4, -0.2) is 68.4 Å². The Morgan fingerprint density at radius 1 is 0.852 bits per heavy atom. The van der Waals surface area contributed by atoms with Gasteiger partial charge in [0.15, 0.2) is 5.75 Å². The quantitative estimate of drug-likeness (QED) is 0.143. The Morgan fingerprint density at radius 3 is 2.28 bits per heavy atom. The van der Waals surface area contributed by atoms with E-state index in [-0.39, 0.29) is 4.90 Å². The van der Waals surface area contributed by atoms with Gasteiger partial charge in [-0.05, 0) is 61.4 Å². The molecule has 0 atom stereocenters. The molecule has 1 amide bonds. The summed E-state index contributed by atoms with van der Waals surface area (Å²) in [6.07, 6.45) is 7.37. The number of rotatable bonds is 8. The average Bonchev–Trinajstić information content (AvgIpc) is 4.03. The molecule has 280 valence electrons. The fraction of sp³-hybridized carbons (Fsp3) is 0.200. The monoisotopic (exact) mass is 750 g/mol. The van der Waals surface area contributed by atoms with Gasteiger partial charge in [0, 0.05) is 35.9 Å². The Kier molecular flexibility index (Phi) is 11.4. The van der Waals surface area contributed by atoms with E-state index in [4.69, 9.17) is 14.2 Å². The number of ether oxygens (including phenoxy) is 4. The van der Waals surface area contributed by atoms with Gasteiger partial charge in [-0.1, -0.05) is 48.0 Å². The van der Waals surface area contributed by atoms with Crippen LogP contribution >= 0.6 is 0 Å². The fourth-order valence-corrected chi connectivity index (χ4v) is 7.64. The van der Waals surface area contributed by atoms with Gasteiger partial charge >= 0.3 is 6.09 Å². The number of nitrogens with zero attached hydrogens (tertiary/aromatic N) is 3. The number of hydrogen-bond acceptors (Lipinski definition) is 9. The number of aromatic nitrogens is 4. The largest absolute Gasteiger partial charge is 0.495 e. The van der Waals surface area contributed by atoms with Crippen LogP contribution in [0.1, 0.15) is 16.8 Å². The molecule has 0 aliphatic carbocycles. The lowest BCUT2D eigenvalue weighted by Gasteiger charge is -2.22. The number of imidazole rings is 1. The summed E-state index contributed by atoms with van der Waals surface area (Å²) in [5, 5.41) is 4.70. The van der Waals surface area contributed by atoms with Crippen LogP contribution in [-0.2, 0) is 27.7 Å². The Balaban J connectivity index is 0.000000145. The number of aromatic amines is 2. The maximum absolute atomic E-state index is 12.8. The van der Waals surface area contributed by atoms with Gasteiger partial charge in [0.25, 0.3) is 10.0 Å². The molecule has 1 aliphatic rings. The normalized spacial score (nSPS) is 11.9. The summed E-state index contributed by atoms with van der Waals surface area (Å²) in [7, 11) is 2.51. The number of amides is 1. The highest BCUT2D eigenvalue weighted by atomic mass is 32.2. The van der Waals surface area contributed by atoms with E-state index in [1.807, 2.05) is 61.7 Å². The van der Waals surface area contributed by atoms with Crippen molar-refractivity contribution in [2.24, 2.45) is 0 Å². The second-order valence-electron chi connectivity index (χ2n) is 12.2. The van der Waals surface area contributed by atoms with E-state index in [9.17, 15) is 13.2 Å². The van der Waals surface area contributed by atoms with Crippen molar-refractivity contribution >= 4 is 49.3 Å². The zero-order chi connectivity index (χ0) is 38.2. The SMILES string of the molecule is COC(=O)Nc1ccc2c(c1OC)N(Cc1cnc[nH]1)CC2.COc1cccc2cc[nH]c12.COc1cccc2ccn(S(=O)(=O)c3ccc(C)cc3)c12. The summed E-state index contributed by atoms with van der Waals surface area (Å²) in [6, 6.07) is 25.9. The maximum atomic E-state index is 12.8. The van der Waals surface area contributed by atoms with Gasteiger partial charge in [-0.15, -0.1) is 0 Å². The predicted molar refractivity (Wildman–Crippen MR) is 209 cm³/mol. The third-order valence-corrected chi connectivity index (χ3v) is 10.6. The zero-order valence-electron chi connectivity index (χ0n) is 30.6. The summed E-state index contributed by atoms with van der Waals surface area (Å²) in [4.78, 5) is 24.2. The molecule has 8 rings (SSSR count). The van der Waals surface area contributed by atoms with Crippen LogP contribution < -0.4 is 24.4 Å². The van der Waals surface area contributed by atoms with Crippen molar-refractivity contribution in [2.45, 2.75) is 24.8 Å². The van der Waals surface area contributed by atoms with Crippen molar-refractivity contribution in [1.82, 2.24) is 18.9 Å². The molecule has 4 aromatic carbocycles. The molecular formula is C40H42N6O7S. The van der Waals surface area contributed by atoms with E-state index >= 15 is 0 Å². The molecule has 1 aliphatic heterocycles. The number of benzene rings is 4. The summed E-state index contributed by atoms with van der Waals surface area (Å²) in [6.45, 7) is 3.53. The van der Waals surface area contributed by atoms with Gasteiger partial charge in [-0.2, -0.15) is 0 Å². The number of methoxy groups -OCH3 is 4. The first-order valence-corrected chi connectivity index (χ1v) is 18.5. The average molecular weight is 751 g/mol. The van der Waals surface area contributed by atoms with E-state index in [0.29, 0.717) is 29.2 Å². The number of aryl methyl sites for hydroxylation is 1. The van der Waals surface area contributed by atoms with E-state index in [1.54, 1.807) is 69.3 Å². The van der Waals surface area contributed by atoms with Gasteiger partial charge in [-0.3, -0.25) is 5.32 Å². The molecule has 4 heterocycles. The standard InChI is InChI=1S/C16H15NO3S.C15H18N4O3.C9H9NO/c1-12-6-8-14(9-7-12)21(18,19)17-11-10-13-4-3-5-15(20-2)16(13)17;1-21-14-12(18-15(20)22-2)4-3-10-5-6-19(13(10)14)8-11-7-16-9-17-11;1-11-8-4-2-3-7-5-6-10-9(7)8/h3-11H,1-2H3;3-4,7,9H,5-6,8H2,1-2H3,(H,16,17)(H,18,20);2-6,10H,1H3. The first-order valence-electron chi connectivity index (χ1n) is 17.0. The highest BCUT2D eigenvalue weighted by Gasteiger charge is 2.26. The van der Waals surface area contributed by atoms with Crippen LogP contribution in [0.3, 0.4) is 0 Å². The fourth-order valence-electron chi connectivity index (χ4n) is 6.28. The third-order valence-electron chi connectivity index (χ3n) is 8.93. The molecular weight excluding hydrogens is 709 g/mol. The number of para-hydroxylation sites is 2. The summed E-state index contributed by atoms with van der Waals surface area (Å²) in [5.41, 5.74) is 6.48. The maximum Gasteiger partial charge on any atom is 0.411 e. The van der Waals surface area contributed by atoms with Crippen LogP contribution in [0.2, 0.25) is 0 Å². The zero-order valence-corrected chi connectivity index (χ0v) is 31.4. The van der Waals surface area contributed by atoms with Gasteiger partial charge in [0.2, 0.25) is 0 Å². The molecule has 0 saturated carbocycles. The number of fused-ring (bicyclic) bond motifs is 3. The number of nitrogens with one attached hydrogen (secondary N) is 3. The first-order chi connectivity index (χ1) is 26.2. The van der Waals surface area contributed by atoms with E-state index in [1.165, 1.54) is 29.1 Å². The molecule has 54 heavy (non-hydrogen) atoms. The molecule has 3 N–H and O–H groups in total. The summed E-state index contributed by atoms with van der Waals surface area (Å²) < 4.78 is 47.5. The van der Waals surface area contributed by atoms with Gasteiger partial charge in [0.1, 0.15) is 17.0 Å². The Morgan fingerprint density at radius 2 is 1.59 bits per heavy atom. The third kappa shape index (κ3) is 7.83. The highest BCUT2D eigenvalue weighted by Crippen LogP contribution is 2.43. The lowest BCUT2D eigenvalue weighted by atomic mass is 10.1. The van der Waals surface area contributed by atoms with Crippen molar-refractivity contribution in [3.05, 3.63) is 127 Å². The molecule has 13 nitrogen and oxygen atoms in total. The van der Waals surface area contributed by atoms with Gasteiger partial charge in [-0.25, -0.2) is 22.2 Å². The predicted octanol–water partition coefficient (Wildman–Crippen LogP) is 7.53. The van der Waals surface area contributed by atoms with Crippen LogP contribution in [0.4, 0.5) is 16.2 Å². The number of anilines is 2. The van der Waals surface area contributed by atoms with Gasteiger partial charge in [0.05, 0.1) is 68.8 Å². The van der Waals surface area contributed by atoms with Crippen LogP contribution in [0.15, 0.2) is 115 Å². The van der Waals surface area contributed by atoms with Crippen molar-refractivity contribution in [2.75, 3.05) is 45.2 Å². The smallest absolute Gasteiger partial charge is 0.411 e. The molecule has 0 bridgehead atoms. The molecule has 0 radical (unpaired) electrons. The number of hydrogen-bond donors (Lipinski definition) is 3. The number of H-pyrrole nitrogens is 2. The summed E-state index contributed by atoms with van der Waals surface area (Å²) >= 11 is 0. The second kappa shape index (κ2) is 16.5. The minimum absolute atomic E-state index is 0.261. The number of carbonyl (C=O) groups is 1. The van der Waals surface area contributed by atoms with Gasteiger partial charge < -0.3 is 33.8 Å². The van der Waals surface area contributed by atoms with Crippen LogP contribution in [0, 0.1) is 6.92 Å². The topological polar surface area (TPSA) is 153 Å². The molecule has 3 aromatic heterocycles. The van der Waals surface area contributed by atoms with Crippen molar-refractivity contribution < 1.29 is 32.2 Å². The molecule has 14 heteroatoms. The lowest BCUT2D eigenvalue weighted by molar-refractivity contribution is 0.187. The highest BCUT2D eigenvalue weighted by molar-refractivity contribution is 7.90. The van der Waals surface area contributed by atoms with E-state index in [2.05, 4.69) is 29.9 Å². The molecule has 0 fully saturated rings. The van der Waals surface area contributed by atoms with E-state index < -0.39 is 16.1 Å². The molecule has 7 aromatic rings. The molecule has 0 spiro atoms. The number of carbonyl (C=O) groups excluding carboxylic acids is 1. The van der Waals surface area contributed by atoms with Crippen molar-refractivity contribution in [3.8, 4) is 17.2 Å². The van der Waals surface area contributed by atoms with Crippen LogP contribution in [0.5, 0.6) is 17.2 Å². The first kappa shape index (κ1) is 37.4. The van der Waals surface area contributed by atoms with E-state index in [0.717, 1.165) is 46.6 Å². The lowest BCUT2D eigenvalue weighted by Crippen LogP contribution is -2.21. The minimum atomic E-state index is -3.63. The van der Waals surface area contributed by atoms with Crippen molar-refractivity contribution in [1.29, 1.82) is 0 Å². The molecule has 0 saturated heterocycles. The van der Waals surface area contributed by atoms with Crippen LogP contribution in [0.25, 0.3) is 21.8 Å². The second-order valence-corrected chi connectivity index (χ2v) is 14.1. The Labute approximate surface area is 313 Å². The summed E-state index contributed by atoms with van der Waals surface area (Å²) in [5.74, 6) is 2.08. The minimum Gasteiger partial charge on any atom is -0.495 e. The Hall–Kier alpha value is -6.41. The molecule has 0 unspecified atom stereocenters.